The summed E-state index contributed by atoms with van der Waals surface area (Å²) in [5.74, 6) is 0.292. The number of benzene rings is 2. The number of aliphatic imine (C=N–C) groups is 1. The summed E-state index contributed by atoms with van der Waals surface area (Å²) in [6.07, 6.45) is 2.52. The summed E-state index contributed by atoms with van der Waals surface area (Å²) in [5.41, 5.74) is 2.78. The summed E-state index contributed by atoms with van der Waals surface area (Å²) >= 11 is 14.5. The minimum atomic E-state index is -0.480. The van der Waals surface area contributed by atoms with Crippen molar-refractivity contribution in [3.05, 3.63) is 81.1 Å². The molecular formula is C26H29Cl4N3O3S. The van der Waals surface area contributed by atoms with Crippen LogP contribution in [0.3, 0.4) is 0 Å². The van der Waals surface area contributed by atoms with Crippen LogP contribution in [0.25, 0.3) is 4.91 Å². The van der Waals surface area contributed by atoms with Crippen molar-refractivity contribution >= 4 is 75.8 Å². The lowest BCUT2D eigenvalue weighted by Crippen LogP contribution is -2.35. The van der Waals surface area contributed by atoms with Gasteiger partial charge in [-0.25, -0.2) is 9.79 Å². The number of methoxy groups -OCH3 is 1. The van der Waals surface area contributed by atoms with Crippen LogP contribution in [0.2, 0.25) is 10.0 Å². The molecule has 200 valence electrons. The van der Waals surface area contributed by atoms with Crippen molar-refractivity contribution in [1.29, 1.82) is 0 Å². The Kier molecular flexibility index (Phi) is 11.7. The number of hydrogen-bond acceptors (Lipinski definition) is 7. The third-order valence-corrected chi connectivity index (χ3v) is 7.38. The fourth-order valence-corrected chi connectivity index (χ4v) is 5.86. The number of rotatable bonds is 8. The van der Waals surface area contributed by atoms with Crippen LogP contribution in [0, 0.1) is 0 Å². The third kappa shape index (κ3) is 6.59. The molecule has 2 heterocycles. The predicted molar refractivity (Wildman–Crippen MR) is 158 cm³/mol. The van der Waals surface area contributed by atoms with E-state index in [4.69, 9.17) is 37.7 Å². The highest BCUT2D eigenvalue weighted by molar-refractivity contribution is 8.22. The fourth-order valence-electron chi connectivity index (χ4n) is 4.04. The summed E-state index contributed by atoms with van der Waals surface area (Å²) in [6.45, 7) is 2.90. The van der Waals surface area contributed by atoms with Gasteiger partial charge < -0.3 is 19.3 Å². The normalized spacial score (nSPS) is 16.4. The largest absolute Gasteiger partial charge is 0.496 e. The summed E-state index contributed by atoms with van der Waals surface area (Å²) in [6, 6.07) is 12.6. The molecule has 2 aromatic carbocycles. The zero-order valence-corrected chi connectivity index (χ0v) is 24.8. The second-order valence-electron chi connectivity index (χ2n) is 8.29. The van der Waals surface area contributed by atoms with Crippen LogP contribution < -0.4 is 4.74 Å². The van der Waals surface area contributed by atoms with Crippen molar-refractivity contribution in [2.45, 2.75) is 19.4 Å². The Labute approximate surface area is 244 Å². The Hall–Kier alpha value is -1.87. The molecule has 0 amide bonds. The van der Waals surface area contributed by atoms with E-state index >= 15 is 0 Å². The number of carbonyl (C=O) groups is 1. The Bertz CT molecular complexity index is 1210. The summed E-state index contributed by atoms with van der Waals surface area (Å²) in [5, 5.41) is 1.85. The molecule has 2 aliphatic heterocycles. The third-order valence-electron chi connectivity index (χ3n) is 5.74. The predicted octanol–water partition coefficient (Wildman–Crippen LogP) is 7.07. The van der Waals surface area contributed by atoms with Gasteiger partial charge in [0.2, 0.25) is 0 Å². The smallest absolute Gasteiger partial charge is 0.338 e. The first-order chi connectivity index (χ1) is 16.8. The average molecular weight is 605 g/mol. The maximum atomic E-state index is 13.5. The lowest BCUT2D eigenvalue weighted by molar-refractivity contribution is -0.140. The van der Waals surface area contributed by atoms with E-state index in [9.17, 15) is 4.79 Å². The summed E-state index contributed by atoms with van der Waals surface area (Å²) in [4.78, 5) is 23.2. The molecule has 0 spiro atoms. The average Bonchev–Trinajstić information content (AvgIpc) is 3.25. The first-order valence-corrected chi connectivity index (χ1v) is 12.8. The van der Waals surface area contributed by atoms with Gasteiger partial charge in [0, 0.05) is 28.8 Å². The molecule has 0 saturated heterocycles. The first-order valence-electron chi connectivity index (χ1n) is 11.2. The van der Waals surface area contributed by atoms with E-state index in [-0.39, 0.29) is 37.4 Å². The molecule has 0 aromatic heterocycles. The standard InChI is InChI=1S/C26H27Cl2N3O3S.2ClH/c1-5-19-23(25(32)34-14-13-30(2)3)24(16-9-6-7-12-20(16)33-4)31-15-21(35-26(31)29-19)22-17(27)10-8-11-18(22)28;;/h6-12,15,24H,5,13-14H2,1-4H3;2*1H. The number of esters is 1. The van der Waals surface area contributed by atoms with Gasteiger partial charge in [-0.3, -0.25) is 0 Å². The molecule has 1 atom stereocenters. The van der Waals surface area contributed by atoms with Crippen LogP contribution in [0.1, 0.15) is 30.5 Å². The molecule has 2 aromatic rings. The number of thioether (sulfide) groups is 1. The number of amidine groups is 1. The molecule has 0 saturated carbocycles. The quantitative estimate of drug-likeness (QED) is 0.300. The van der Waals surface area contributed by atoms with Crippen LogP contribution in [0.15, 0.2) is 64.9 Å². The molecule has 0 radical (unpaired) electrons. The van der Waals surface area contributed by atoms with Gasteiger partial charge in [0.05, 0.1) is 34.5 Å². The number of hydrogen-bond donors (Lipinski definition) is 0. The van der Waals surface area contributed by atoms with Crippen LogP contribution >= 0.6 is 59.8 Å². The molecule has 11 heteroatoms. The van der Waals surface area contributed by atoms with E-state index in [1.807, 2.05) is 79.5 Å². The molecule has 1 unspecified atom stereocenters. The number of ether oxygens (including phenoxy) is 2. The second-order valence-corrected chi connectivity index (χ2v) is 10.1. The molecule has 0 N–H and O–H groups in total. The van der Waals surface area contributed by atoms with E-state index in [2.05, 4.69) is 0 Å². The van der Waals surface area contributed by atoms with Gasteiger partial charge in [-0.05, 0) is 50.5 Å². The van der Waals surface area contributed by atoms with Crippen molar-refractivity contribution in [2.24, 2.45) is 4.99 Å². The van der Waals surface area contributed by atoms with E-state index in [1.54, 1.807) is 7.11 Å². The molecule has 0 bridgehead atoms. The van der Waals surface area contributed by atoms with E-state index in [0.717, 1.165) is 21.2 Å². The highest BCUT2D eigenvalue weighted by atomic mass is 35.5. The Morgan fingerprint density at radius 1 is 1.11 bits per heavy atom. The molecule has 2 aliphatic rings. The Morgan fingerprint density at radius 2 is 1.78 bits per heavy atom. The van der Waals surface area contributed by atoms with Gasteiger partial charge in [-0.2, -0.15) is 0 Å². The molecule has 0 aliphatic carbocycles. The number of fused-ring (bicyclic) bond motifs is 1. The van der Waals surface area contributed by atoms with Gasteiger partial charge in [-0.15, -0.1) is 24.8 Å². The van der Waals surface area contributed by atoms with Crippen molar-refractivity contribution in [2.75, 3.05) is 34.4 Å². The minimum Gasteiger partial charge on any atom is -0.496 e. The van der Waals surface area contributed by atoms with Crippen molar-refractivity contribution < 1.29 is 14.3 Å². The Balaban J connectivity index is 0.00000241. The van der Waals surface area contributed by atoms with E-state index < -0.39 is 6.04 Å². The van der Waals surface area contributed by atoms with Crippen molar-refractivity contribution in [3.8, 4) is 5.75 Å². The number of nitrogens with zero attached hydrogens (tertiary/aromatic N) is 3. The summed E-state index contributed by atoms with van der Waals surface area (Å²) in [7, 11) is 5.50. The molecule has 4 rings (SSSR count). The lowest BCUT2D eigenvalue weighted by atomic mass is 9.93. The van der Waals surface area contributed by atoms with Gasteiger partial charge in [0.15, 0.2) is 5.17 Å². The number of para-hydroxylation sites is 1. The maximum absolute atomic E-state index is 13.5. The van der Waals surface area contributed by atoms with E-state index in [0.29, 0.717) is 40.0 Å². The molecule has 0 fully saturated rings. The van der Waals surface area contributed by atoms with Crippen molar-refractivity contribution in [3.63, 3.8) is 0 Å². The molecule has 37 heavy (non-hydrogen) atoms. The lowest BCUT2D eigenvalue weighted by Gasteiger charge is -2.34. The first kappa shape index (κ1) is 31.3. The second kappa shape index (κ2) is 13.8. The van der Waals surface area contributed by atoms with Gasteiger partial charge in [0.1, 0.15) is 12.4 Å². The zero-order chi connectivity index (χ0) is 25.1. The van der Waals surface area contributed by atoms with E-state index in [1.165, 1.54) is 11.8 Å². The van der Waals surface area contributed by atoms with Crippen LogP contribution in [0.5, 0.6) is 5.75 Å². The minimum absolute atomic E-state index is 0. The van der Waals surface area contributed by atoms with Crippen molar-refractivity contribution in [1.82, 2.24) is 9.80 Å². The number of allylic oxidation sites excluding steroid dienone is 1. The highest BCUT2D eigenvalue weighted by Crippen LogP contribution is 2.50. The number of halogens is 4. The van der Waals surface area contributed by atoms with Gasteiger partial charge >= 0.3 is 5.97 Å². The van der Waals surface area contributed by atoms with Crippen LogP contribution in [-0.4, -0.2) is 55.3 Å². The fraction of sp³-hybridized carbons (Fsp3) is 0.308. The van der Waals surface area contributed by atoms with Crippen LogP contribution in [0.4, 0.5) is 0 Å². The highest BCUT2D eigenvalue weighted by Gasteiger charge is 2.41. The number of likely N-dealkylation sites (N-methyl/N-ethyl adjacent to an activating group) is 1. The Morgan fingerprint density at radius 3 is 2.41 bits per heavy atom. The van der Waals surface area contributed by atoms with Crippen LogP contribution in [-0.2, 0) is 9.53 Å². The number of carbonyl (C=O) groups excluding carboxylic acids is 1. The monoisotopic (exact) mass is 603 g/mol. The zero-order valence-electron chi connectivity index (χ0n) is 20.9. The topological polar surface area (TPSA) is 54.4 Å². The SMILES string of the molecule is CCC1=C(C(=O)OCCN(C)C)C(c2ccccc2OC)N2C=C(c3c(Cl)cccc3Cl)SC2=N1.Cl.Cl. The maximum Gasteiger partial charge on any atom is 0.338 e. The van der Waals surface area contributed by atoms with Gasteiger partial charge in [0.25, 0.3) is 0 Å². The molecule has 6 nitrogen and oxygen atoms in total. The molecular weight excluding hydrogens is 576 g/mol. The van der Waals surface area contributed by atoms with Gasteiger partial charge in [-0.1, -0.05) is 54.4 Å². The summed E-state index contributed by atoms with van der Waals surface area (Å²) < 4.78 is 11.4.